The molecule has 1 aliphatic rings. The van der Waals surface area contributed by atoms with Gasteiger partial charge in [0.05, 0.1) is 19.8 Å². The van der Waals surface area contributed by atoms with Crippen molar-refractivity contribution in [1.82, 2.24) is 4.90 Å². The lowest BCUT2D eigenvalue weighted by Gasteiger charge is -2.30. The SMILES string of the molecule is COc1cc2c(cc1OC)CN(C(=O)c1ccc(C)c(NC(=O)c3ccccc3F)c1)CC2. The molecule has 7 heteroatoms. The summed E-state index contributed by atoms with van der Waals surface area (Å²) in [5.41, 5.74) is 3.78. The second-order valence-electron chi connectivity index (χ2n) is 7.92. The number of carbonyl (C=O) groups excluding carboxylic acids is 2. The van der Waals surface area contributed by atoms with Gasteiger partial charge >= 0.3 is 0 Å². The number of nitrogens with one attached hydrogen (secondary N) is 1. The predicted octanol–water partition coefficient (Wildman–Crippen LogP) is 4.60. The smallest absolute Gasteiger partial charge is 0.258 e. The molecular formula is C26H25FN2O4. The van der Waals surface area contributed by atoms with Gasteiger partial charge in [-0.2, -0.15) is 0 Å². The first-order valence-electron chi connectivity index (χ1n) is 10.6. The lowest BCUT2D eigenvalue weighted by atomic mass is 9.98. The summed E-state index contributed by atoms with van der Waals surface area (Å²) in [6.45, 7) is 2.83. The Balaban J connectivity index is 1.55. The van der Waals surface area contributed by atoms with Crippen LogP contribution < -0.4 is 14.8 Å². The van der Waals surface area contributed by atoms with Gasteiger partial charge in [-0.25, -0.2) is 4.39 Å². The maximum atomic E-state index is 14.0. The van der Waals surface area contributed by atoms with Gasteiger partial charge in [0, 0.05) is 24.3 Å². The van der Waals surface area contributed by atoms with Gasteiger partial charge < -0.3 is 19.7 Å². The van der Waals surface area contributed by atoms with Crippen LogP contribution >= 0.6 is 0 Å². The Morgan fingerprint density at radius 2 is 1.67 bits per heavy atom. The number of anilines is 1. The highest BCUT2D eigenvalue weighted by Gasteiger charge is 2.24. The Bertz CT molecular complexity index is 1220. The molecule has 1 aliphatic heterocycles. The van der Waals surface area contributed by atoms with E-state index in [-0.39, 0.29) is 11.5 Å². The monoisotopic (exact) mass is 448 g/mol. The molecule has 1 heterocycles. The molecule has 1 N–H and O–H groups in total. The van der Waals surface area contributed by atoms with E-state index in [2.05, 4.69) is 5.32 Å². The van der Waals surface area contributed by atoms with E-state index in [4.69, 9.17) is 9.47 Å². The lowest BCUT2D eigenvalue weighted by molar-refractivity contribution is 0.0734. The Labute approximate surface area is 191 Å². The van der Waals surface area contributed by atoms with Crippen molar-refractivity contribution in [3.63, 3.8) is 0 Å². The highest BCUT2D eigenvalue weighted by atomic mass is 19.1. The number of carbonyl (C=O) groups is 2. The number of halogens is 1. The normalized spacial score (nSPS) is 12.7. The van der Waals surface area contributed by atoms with Crippen LogP contribution in [0.3, 0.4) is 0 Å². The minimum absolute atomic E-state index is 0.0503. The summed E-state index contributed by atoms with van der Waals surface area (Å²) in [6, 6.07) is 14.8. The molecule has 0 aromatic heterocycles. The van der Waals surface area contributed by atoms with Gasteiger partial charge in [0.2, 0.25) is 0 Å². The van der Waals surface area contributed by atoms with E-state index in [1.54, 1.807) is 43.4 Å². The molecule has 0 saturated heterocycles. The van der Waals surface area contributed by atoms with Crippen LogP contribution in [0.25, 0.3) is 0 Å². The summed E-state index contributed by atoms with van der Waals surface area (Å²) < 4.78 is 24.8. The molecule has 0 bridgehead atoms. The molecular weight excluding hydrogens is 423 g/mol. The average Bonchev–Trinajstić information content (AvgIpc) is 2.83. The molecule has 0 spiro atoms. The van der Waals surface area contributed by atoms with Crippen molar-refractivity contribution < 1.29 is 23.5 Å². The number of benzene rings is 3. The first-order chi connectivity index (χ1) is 15.9. The van der Waals surface area contributed by atoms with Crippen LogP contribution in [0.4, 0.5) is 10.1 Å². The van der Waals surface area contributed by atoms with Crippen LogP contribution in [-0.2, 0) is 13.0 Å². The van der Waals surface area contributed by atoms with Crippen molar-refractivity contribution in [3.05, 3.63) is 88.2 Å². The highest BCUT2D eigenvalue weighted by molar-refractivity contribution is 6.05. The maximum Gasteiger partial charge on any atom is 0.258 e. The summed E-state index contributed by atoms with van der Waals surface area (Å²) >= 11 is 0. The van der Waals surface area contributed by atoms with Crippen LogP contribution in [-0.4, -0.2) is 37.5 Å². The standard InChI is InChI=1S/C26H25FN2O4/c1-16-8-9-18(12-22(16)28-25(30)20-6-4-5-7-21(20)27)26(31)29-11-10-17-13-23(32-2)24(33-3)14-19(17)15-29/h4-9,12-14H,10-11,15H2,1-3H3,(H,28,30). The maximum absolute atomic E-state index is 14.0. The van der Waals surface area contributed by atoms with Crippen LogP contribution in [0.15, 0.2) is 54.6 Å². The molecule has 0 aliphatic carbocycles. The lowest BCUT2D eigenvalue weighted by Crippen LogP contribution is -2.36. The number of rotatable bonds is 5. The molecule has 4 rings (SSSR count). The fourth-order valence-corrected chi connectivity index (χ4v) is 3.96. The van der Waals surface area contributed by atoms with Gasteiger partial charge in [0.1, 0.15) is 5.82 Å². The molecule has 0 unspecified atom stereocenters. The molecule has 33 heavy (non-hydrogen) atoms. The molecule has 0 radical (unpaired) electrons. The first kappa shape index (κ1) is 22.3. The third kappa shape index (κ3) is 4.53. The van der Waals surface area contributed by atoms with Crippen LogP contribution in [0.1, 0.15) is 37.4 Å². The molecule has 6 nitrogen and oxygen atoms in total. The minimum Gasteiger partial charge on any atom is -0.493 e. The molecule has 3 aromatic carbocycles. The fourth-order valence-electron chi connectivity index (χ4n) is 3.96. The first-order valence-corrected chi connectivity index (χ1v) is 10.6. The van der Waals surface area contributed by atoms with E-state index >= 15 is 0 Å². The molecule has 3 aromatic rings. The van der Waals surface area contributed by atoms with E-state index < -0.39 is 11.7 Å². The largest absolute Gasteiger partial charge is 0.493 e. The van der Waals surface area contributed by atoms with Gasteiger partial charge in [0.15, 0.2) is 11.5 Å². The Morgan fingerprint density at radius 3 is 2.36 bits per heavy atom. The quantitative estimate of drug-likeness (QED) is 0.619. The fraction of sp³-hybridized carbons (Fsp3) is 0.231. The zero-order valence-electron chi connectivity index (χ0n) is 18.8. The third-order valence-electron chi connectivity index (χ3n) is 5.86. The van der Waals surface area contributed by atoms with Crippen molar-refractivity contribution in [2.75, 3.05) is 26.1 Å². The molecule has 0 fully saturated rings. The van der Waals surface area contributed by atoms with E-state index in [9.17, 15) is 14.0 Å². The molecule has 0 saturated carbocycles. The second-order valence-corrected chi connectivity index (χ2v) is 7.92. The van der Waals surface area contributed by atoms with Crippen molar-refractivity contribution in [1.29, 1.82) is 0 Å². The summed E-state index contributed by atoms with van der Waals surface area (Å²) in [5, 5.41) is 2.73. The van der Waals surface area contributed by atoms with E-state index in [1.165, 1.54) is 18.2 Å². The topological polar surface area (TPSA) is 67.9 Å². The zero-order chi connectivity index (χ0) is 23.5. The van der Waals surface area contributed by atoms with E-state index in [0.29, 0.717) is 42.3 Å². The van der Waals surface area contributed by atoms with Gasteiger partial charge in [-0.05, 0) is 66.4 Å². The summed E-state index contributed by atoms with van der Waals surface area (Å²) in [6.07, 6.45) is 0.699. The van der Waals surface area contributed by atoms with Gasteiger partial charge in [0.25, 0.3) is 11.8 Å². The second kappa shape index (κ2) is 9.32. The molecule has 2 amide bonds. The Morgan fingerprint density at radius 1 is 0.970 bits per heavy atom. The van der Waals surface area contributed by atoms with E-state index in [1.807, 2.05) is 19.1 Å². The summed E-state index contributed by atoms with van der Waals surface area (Å²) in [7, 11) is 3.18. The van der Waals surface area contributed by atoms with Crippen LogP contribution in [0, 0.1) is 12.7 Å². The zero-order valence-corrected chi connectivity index (χ0v) is 18.8. The van der Waals surface area contributed by atoms with Crippen molar-refractivity contribution in [3.8, 4) is 11.5 Å². The minimum atomic E-state index is -0.598. The molecule has 170 valence electrons. The summed E-state index contributed by atoms with van der Waals surface area (Å²) in [5.74, 6) is -0.00619. The number of ether oxygens (including phenoxy) is 2. The average molecular weight is 448 g/mol. The number of amides is 2. The van der Waals surface area contributed by atoms with E-state index in [0.717, 1.165) is 16.7 Å². The van der Waals surface area contributed by atoms with Crippen LogP contribution in [0.5, 0.6) is 11.5 Å². The van der Waals surface area contributed by atoms with Crippen molar-refractivity contribution in [2.45, 2.75) is 19.9 Å². The number of methoxy groups -OCH3 is 2. The Kier molecular flexibility index (Phi) is 6.31. The van der Waals surface area contributed by atoms with Gasteiger partial charge in [-0.1, -0.05) is 18.2 Å². The van der Waals surface area contributed by atoms with Crippen molar-refractivity contribution >= 4 is 17.5 Å². The number of aryl methyl sites for hydroxylation is 1. The van der Waals surface area contributed by atoms with Gasteiger partial charge in [-0.15, -0.1) is 0 Å². The summed E-state index contributed by atoms with van der Waals surface area (Å²) in [4.78, 5) is 27.6. The molecule has 0 atom stereocenters. The number of hydrogen-bond acceptors (Lipinski definition) is 4. The van der Waals surface area contributed by atoms with Crippen LogP contribution in [0.2, 0.25) is 0 Å². The number of hydrogen-bond donors (Lipinski definition) is 1. The third-order valence-corrected chi connectivity index (χ3v) is 5.86. The van der Waals surface area contributed by atoms with Gasteiger partial charge in [-0.3, -0.25) is 9.59 Å². The highest BCUT2D eigenvalue weighted by Crippen LogP contribution is 2.33. The Hall–Kier alpha value is -3.87. The number of nitrogens with zero attached hydrogens (tertiary/aromatic N) is 1. The van der Waals surface area contributed by atoms with Crippen molar-refractivity contribution in [2.24, 2.45) is 0 Å². The number of fused-ring (bicyclic) bond motifs is 1. The predicted molar refractivity (Wildman–Crippen MR) is 124 cm³/mol.